The van der Waals surface area contributed by atoms with Crippen molar-refractivity contribution in [1.82, 2.24) is 15.5 Å². The molecule has 3 saturated heterocycles. The quantitative estimate of drug-likeness (QED) is 0.808. The summed E-state index contributed by atoms with van der Waals surface area (Å²) < 4.78 is 6.91. The Bertz CT molecular complexity index is 902. The van der Waals surface area contributed by atoms with Gasteiger partial charge in [0.1, 0.15) is 11.4 Å². The largest absolute Gasteiger partial charge is 0.486 e. The fourth-order valence-electron chi connectivity index (χ4n) is 7.03. The molecule has 4 heteroatoms. The van der Waals surface area contributed by atoms with Gasteiger partial charge in [0, 0.05) is 54.6 Å². The van der Waals surface area contributed by atoms with E-state index in [1.165, 1.54) is 49.2 Å². The first kappa shape index (κ1) is 14.8. The van der Waals surface area contributed by atoms with Crippen LogP contribution in [0.3, 0.4) is 0 Å². The van der Waals surface area contributed by atoms with E-state index >= 15 is 0 Å². The number of ether oxygens (including phenoxy) is 1. The van der Waals surface area contributed by atoms with E-state index < -0.39 is 0 Å². The predicted octanol–water partition coefficient (Wildman–Crippen LogP) is 2.64. The van der Waals surface area contributed by atoms with Crippen LogP contribution in [0.25, 0.3) is 0 Å². The lowest BCUT2D eigenvalue weighted by molar-refractivity contribution is -0.158. The Morgan fingerprint density at radius 2 is 1.89 bits per heavy atom. The van der Waals surface area contributed by atoms with E-state index in [2.05, 4.69) is 58.2 Å². The minimum absolute atomic E-state index is 0.0307. The number of hydrogen-bond donors (Lipinski definition) is 2. The van der Waals surface area contributed by atoms with Crippen molar-refractivity contribution in [2.75, 3.05) is 19.6 Å². The monoisotopic (exact) mass is 359 g/mol. The number of hydrogen-bond acceptors (Lipinski definition) is 4. The highest BCUT2D eigenvalue weighted by atomic mass is 16.5. The van der Waals surface area contributed by atoms with Crippen LogP contribution in [-0.4, -0.2) is 30.1 Å². The second-order valence-corrected chi connectivity index (χ2v) is 9.32. The van der Waals surface area contributed by atoms with Gasteiger partial charge in [-0.25, -0.2) is 0 Å². The molecule has 0 aromatic heterocycles. The third-order valence-corrected chi connectivity index (χ3v) is 8.05. The Morgan fingerprint density at radius 1 is 1.04 bits per heavy atom. The van der Waals surface area contributed by atoms with Crippen LogP contribution in [0.4, 0.5) is 0 Å². The molecule has 6 heterocycles. The van der Waals surface area contributed by atoms with E-state index in [1.807, 2.05) is 6.20 Å². The molecule has 6 aliphatic heterocycles. The Morgan fingerprint density at radius 3 is 2.74 bits per heavy atom. The molecule has 8 rings (SSSR count). The van der Waals surface area contributed by atoms with Crippen LogP contribution < -0.4 is 15.4 Å². The van der Waals surface area contributed by atoms with Crippen LogP contribution >= 0.6 is 0 Å². The van der Waals surface area contributed by atoms with E-state index in [0.717, 1.165) is 18.1 Å². The highest BCUT2D eigenvalue weighted by Gasteiger charge is 2.61. The summed E-state index contributed by atoms with van der Waals surface area (Å²) in [4.78, 5) is 2.70. The second kappa shape index (κ2) is 4.79. The van der Waals surface area contributed by atoms with Crippen molar-refractivity contribution in [3.8, 4) is 5.75 Å². The van der Waals surface area contributed by atoms with Gasteiger partial charge < -0.3 is 20.3 Å². The molecule has 1 aromatic rings. The van der Waals surface area contributed by atoms with Crippen molar-refractivity contribution >= 4 is 0 Å². The lowest BCUT2D eigenvalue weighted by Crippen LogP contribution is -2.68. The van der Waals surface area contributed by atoms with Crippen LogP contribution in [0.5, 0.6) is 5.75 Å². The first-order chi connectivity index (χ1) is 13.3. The standard InChI is InChI=1S/C23H25N3O/c1-4-20(23-16(6-8-25-23)3-2-7-24-23)19-11-22(27-21(19)5-1)17-9-15-10-18(22)14-26(12-15)13-17/h1-8,15,17-18,24-25H,9-14H2. The topological polar surface area (TPSA) is 36.5 Å². The summed E-state index contributed by atoms with van der Waals surface area (Å²) in [6.45, 7) is 3.78. The minimum atomic E-state index is -0.343. The van der Waals surface area contributed by atoms with Crippen LogP contribution in [0.1, 0.15) is 24.0 Å². The molecular weight excluding hydrogens is 334 g/mol. The third-order valence-electron chi connectivity index (χ3n) is 8.05. The predicted molar refractivity (Wildman–Crippen MR) is 104 cm³/mol. The normalized spacial score (nSPS) is 44.5. The average Bonchev–Trinajstić information content (AvgIpc) is 3.28. The molecule has 1 spiro atoms. The van der Waals surface area contributed by atoms with Crippen molar-refractivity contribution in [1.29, 1.82) is 0 Å². The maximum Gasteiger partial charge on any atom is 0.161 e. The molecule has 4 bridgehead atoms. The number of allylic oxidation sites excluding steroid dienone is 2. The maximum atomic E-state index is 6.91. The van der Waals surface area contributed by atoms with Gasteiger partial charge in [-0.05, 0) is 49.4 Å². The molecule has 7 aliphatic rings. The zero-order valence-corrected chi connectivity index (χ0v) is 15.4. The van der Waals surface area contributed by atoms with Gasteiger partial charge in [-0.15, -0.1) is 0 Å². The third kappa shape index (κ3) is 1.73. The number of dihydropyridines is 1. The van der Waals surface area contributed by atoms with E-state index in [1.54, 1.807) is 0 Å². The van der Waals surface area contributed by atoms with Crippen LogP contribution in [0.15, 0.2) is 54.4 Å². The molecule has 1 aliphatic carbocycles. The zero-order chi connectivity index (χ0) is 17.6. The van der Waals surface area contributed by atoms with Gasteiger partial charge in [-0.2, -0.15) is 0 Å². The van der Waals surface area contributed by atoms with Crippen molar-refractivity contribution in [2.24, 2.45) is 17.8 Å². The number of nitrogens with zero attached hydrogens (tertiary/aromatic N) is 1. The first-order valence-electron chi connectivity index (χ1n) is 10.4. The number of nitrogens with one attached hydrogen (secondary N) is 2. The Kier molecular flexibility index (Phi) is 2.63. The highest BCUT2D eigenvalue weighted by molar-refractivity contribution is 5.56. The molecule has 3 unspecified atom stereocenters. The zero-order valence-electron chi connectivity index (χ0n) is 15.4. The molecule has 3 atom stereocenters. The van der Waals surface area contributed by atoms with Crippen molar-refractivity contribution in [3.63, 3.8) is 0 Å². The summed E-state index contributed by atoms with van der Waals surface area (Å²) in [7, 11) is 0. The number of fused-ring (bicyclic) bond motifs is 2. The molecule has 138 valence electrons. The van der Waals surface area contributed by atoms with Crippen molar-refractivity contribution < 1.29 is 4.74 Å². The van der Waals surface area contributed by atoms with Gasteiger partial charge in [-0.1, -0.05) is 18.2 Å². The Labute approximate surface area is 160 Å². The molecule has 4 nitrogen and oxygen atoms in total. The van der Waals surface area contributed by atoms with Crippen LogP contribution in [-0.2, 0) is 12.1 Å². The van der Waals surface area contributed by atoms with E-state index in [4.69, 9.17) is 4.74 Å². The summed E-state index contributed by atoms with van der Waals surface area (Å²) in [6.07, 6.45) is 14.3. The number of benzene rings is 1. The molecule has 27 heavy (non-hydrogen) atoms. The second-order valence-electron chi connectivity index (χ2n) is 9.32. The molecule has 1 saturated carbocycles. The first-order valence-corrected chi connectivity index (χ1v) is 10.4. The smallest absolute Gasteiger partial charge is 0.161 e. The van der Waals surface area contributed by atoms with E-state index in [-0.39, 0.29) is 11.3 Å². The fourth-order valence-corrected chi connectivity index (χ4v) is 7.03. The summed E-state index contributed by atoms with van der Waals surface area (Å²) >= 11 is 0. The van der Waals surface area contributed by atoms with Gasteiger partial charge in [0.25, 0.3) is 0 Å². The van der Waals surface area contributed by atoms with Crippen molar-refractivity contribution in [3.05, 3.63) is 65.5 Å². The molecule has 1 aromatic carbocycles. The van der Waals surface area contributed by atoms with Crippen LogP contribution in [0, 0.1) is 17.8 Å². The minimum Gasteiger partial charge on any atom is -0.486 e. The van der Waals surface area contributed by atoms with Gasteiger partial charge in [0.2, 0.25) is 0 Å². The summed E-state index contributed by atoms with van der Waals surface area (Å²) in [5.74, 6) is 3.39. The summed E-state index contributed by atoms with van der Waals surface area (Å²) in [6, 6.07) is 6.64. The molecule has 0 amide bonds. The number of piperidine rings is 3. The Hall–Kier alpha value is -2.20. The van der Waals surface area contributed by atoms with E-state index in [9.17, 15) is 0 Å². The van der Waals surface area contributed by atoms with Crippen LogP contribution in [0.2, 0.25) is 0 Å². The average molecular weight is 359 g/mol. The maximum absolute atomic E-state index is 6.91. The number of rotatable bonds is 1. The van der Waals surface area contributed by atoms with Gasteiger partial charge in [-0.3, -0.25) is 0 Å². The molecule has 2 N–H and O–H groups in total. The van der Waals surface area contributed by atoms with E-state index in [0.29, 0.717) is 11.8 Å². The summed E-state index contributed by atoms with van der Waals surface area (Å²) in [5, 5.41) is 7.21. The van der Waals surface area contributed by atoms with Gasteiger partial charge >= 0.3 is 0 Å². The van der Waals surface area contributed by atoms with Crippen molar-refractivity contribution in [2.45, 2.75) is 30.5 Å². The molecule has 0 radical (unpaired) electrons. The molecule has 4 fully saturated rings. The van der Waals surface area contributed by atoms with Gasteiger partial charge in [0.15, 0.2) is 5.66 Å². The highest BCUT2D eigenvalue weighted by Crippen LogP contribution is 2.57. The summed E-state index contributed by atoms with van der Waals surface area (Å²) in [5.41, 5.74) is 3.69. The Balaban J connectivity index is 1.34. The lowest BCUT2D eigenvalue weighted by atomic mass is 9.58. The SMILES string of the molecule is C1=CNC2(c3cccc4c3CC3(O4)C4CC5CC3CN(C5)C4)NC=CC2=C1. The molecular formula is C23H25N3O. The van der Waals surface area contributed by atoms with Gasteiger partial charge in [0.05, 0.1) is 0 Å². The fraction of sp³-hybridized carbons (Fsp3) is 0.478. The lowest BCUT2D eigenvalue weighted by Gasteiger charge is -2.60.